The molecule has 0 spiro atoms. The van der Waals surface area contributed by atoms with Crippen molar-refractivity contribution in [3.63, 3.8) is 0 Å². The summed E-state index contributed by atoms with van der Waals surface area (Å²) in [6, 6.07) is 3.42. The molecule has 0 unspecified atom stereocenters. The summed E-state index contributed by atoms with van der Waals surface area (Å²) in [5, 5.41) is 0. The quantitative estimate of drug-likeness (QED) is 0.637. The fourth-order valence-electron chi connectivity index (χ4n) is 1.40. The van der Waals surface area contributed by atoms with Gasteiger partial charge in [-0.1, -0.05) is 24.3 Å². The highest BCUT2D eigenvalue weighted by Gasteiger charge is 2.03. The van der Waals surface area contributed by atoms with Crippen LogP contribution < -0.4 is 0 Å². The molecule has 0 fully saturated rings. The molecule has 1 aromatic rings. The van der Waals surface area contributed by atoms with E-state index in [1.54, 1.807) is 12.1 Å². The molecule has 1 aliphatic carbocycles. The molecule has 0 aromatic carbocycles. The number of pyridine rings is 1. The Hall–Kier alpha value is -1.37. The molecule has 13 heavy (non-hydrogen) atoms. The van der Waals surface area contributed by atoms with Crippen molar-refractivity contribution in [2.24, 2.45) is 0 Å². The van der Waals surface area contributed by atoms with Crippen LogP contribution in [0, 0.1) is 6.85 Å². The van der Waals surface area contributed by atoms with E-state index in [9.17, 15) is 0 Å². The van der Waals surface area contributed by atoms with Gasteiger partial charge in [0.25, 0.3) is 0 Å². The van der Waals surface area contributed by atoms with Crippen molar-refractivity contribution < 1.29 is 4.11 Å². The molecule has 0 atom stereocenters. The summed E-state index contributed by atoms with van der Waals surface area (Å²) in [5.41, 5.74) is 2.33. The monoisotopic (exact) mass is 174 g/mol. The van der Waals surface area contributed by atoms with Gasteiger partial charge in [0.2, 0.25) is 0 Å². The summed E-state index contributed by atoms with van der Waals surface area (Å²) < 4.78 is 21.8. The highest BCUT2D eigenvalue weighted by atomic mass is 14.7. The molecule has 0 radical (unpaired) electrons. The van der Waals surface area contributed by atoms with Crippen LogP contribution in [0.15, 0.2) is 36.6 Å². The lowest BCUT2D eigenvalue weighted by Crippen LogP contribution is -1.91. The van der Waals surface area contributed by atoms with Gasteiger partial charge in [0, 0.05) is 10.3 Å². The molecule has 1 heterocycles. The Kier molecular flexibility index (Phi) is 1.47. The smallest absolute Gasteiger partial charge is 0.0661 e. The highest BCUT2D eigenvalue weighted by Crippen LogP contribution is 2.21. The second-order valence-electron chi connectivity index (χ2n) is 3.09. The van der Waals surface area contributed by atoms with Crippen molar-refractivity contribution in [1.82, 2.24) is 4.98 Å². The van der Waals surface area contributed by atoms with Crippen LogP contribution >= 0.6 is 0 Å². The maximum Gasteiger partial charge on any atom is 0.0661 e. The summed E-state index contributed by atoms with van der Waals surface area (Å²) in [5.74, 6) is 0. The first-order valence-corrected chi connectivity index (χ1v) is 4.40. The Bertz CT molecular complexity index is 427. The van der Waals surface area contributed by atoms with Crippen LogP contribution in [0.2, 0.25) is 0 Å². The van der Waals surface area contributed by atoms with E-state index in [2.05, 4.69) is 11.1 Å². The van der Waals surface area contributed by atoms with E-state index in [0.29, 0.717) is 5.56 Å². The Morgan fingerprint density at radius 2 is 2.46 bits per heavy atom. The van der Waals surface area contributed by atoms with Gasteiger partial charge in [-0.2, -0.15) is 0 Å². The lowest BCUT2D eigenvalue weighted by atomic mass is 10.0. The van der Waals surface area contributed by atoms with Crippen LogP contribution in [0.1, 0.15) is 28.2 Å². The summed E-state index contributed by atoms with van der Waals surface area (Å²) in [4.78, 5) is 4.21. The van der Waals surface area contributed by atoms with E-state index >= 15 is 0 Å². The van der Waals surface area contributed by atoms with Crippen LogP contribution in [0.3, 0.4) is 0 Å². The molecular formula is C12H13N. The first kappa shape index (κ1) is 5.38. The molecule has 0 amide bonds. The lowest BCUT2D eigenvalue weighted by Gasteiger charge is -2.07. The molecule has 1 aliphatic rings. The van der Waals surface area contributed by atoms with Gasteiger partial charge in [0.15, 0.2) is 0 Å². The summed E-state index contributed by atoms with van der Waals surface area (Å²) >= 11 is 0. The third-order valence-corrected chi connectivity index (χ3v) is 2.11. The van der Waals surface area contributed by atoms with Gasteiger partial charge in [-0.15, -0.1) is 0 Å². The van der Waals surface area contributed by atoms with Crippen LogP contribution in [0.4, 0.5) is 0 Å². The van der Waals surface area contributed by atoms with Crippen LogP contribution in [-0.2, 0) is 0 Å². The van der Waals surface area contributed by atoms with Crippen molar-refractivity contribution in [3.05, 3.63) is 47.8 Å². The van der Waals surface area contributed by atoms with Crippen molar-refractivity contribution in [2.75, 3.05) is 0 Å². The largest absolute Gasteiger partial charge is 0.256 e. The molecular weight excluding hydrogens is 158 g/mol. The summed E-state index contributed by atoms with van der Waals surface area (Å²) in [7, 11) is 0. The predicted octanol–water partition coefficient (Wildman–Crippen LogP) is 3.12. The fourth-order valence-corrected chi connectivity index (χ4v) is 1.40. The first-order chi connectivity index (χ1) is 7.57. The maximum atomic E-state index is 7.26. The van der Waals surface area contributed by atoms with Gasteiger partial charge < -0.3 is 0 Å². The van der Waals surface area contributed by atoms with Crippen LogP contribution in [0.25, 0.3) is 5.57 Å². The van der Waals surface area contributed by atoms with E-state index in [1.807, 2.05) is 12.2 Å². The highest BCUT2D eigenvalue weighted by molar-refractivity contribution is 5.65. The minimum Gasteiger partial charge on any atom is -0.256 e. The third kappa shape index (κ3) is 1.86. The van der Waals surface area contributed by atoms with E-state index in [4.69, 9.17) is 4.11 Å². The average molecular weight is 174 g/mol. The van der Waals surface area contributed by atoms with Crippen molar-refractivity contribution in [3.8, 4) is 0 Å². The van der Waals surface area contributed by atoms with Crippen LogP contribution in [-0.4, -0.2) is 4.98 Å². The van der Waals surface area contributed by atoms with E-state index < -0.39 is 6.85 Å². The van der Waals surface area contributed by atoms with Gasteiger partial charge in [0.05, 0.1) is 5.69 Å². The molecule has 0 saturated carbocycles. The normalized spacial score (nSPS) is 20.0. The lowest BCUT2D eigenvalue weighted by molar-refractivity contribution is 1.04. The number of allylic oxidation sites excluding steroid dienone is 4. The molecule has 0 aliphatic heterocycles. The summed E-state index contributed by atoms with van der Waals surface area (Å²) in [6.07, 6.45) is 9.59. The van der Waals surface area contributed by atoms with Gasteiger partial charge >= 0.3 is 0 Å². The second-order valence-corrected chi connectivity index (χ2v) is 3.09. The molecule has 1 nitrogen and oxygen atoms in total. The zero-order valence-corrected chi connectivity index (χ0v) is 7.33. The SMILES string of the molecule is [2H]C([2H])([2H])c1ccc(C2=CC=CCC2)nc1. The number of hydrogen-bond acceptors (Lipinski definition) is 1. The third-order valence-electron chi connectivity index (χ3n) is 2.11. The fraction of sp³-hybridized carbons (Fsp3) is 0.250. The van der Waals surface area contributed by atoms with Gasteiger partial charge in [-0.3, -0.25) is 4.98 Å². The number of rotatable bonds is 1. The first-order valence-electron chi connectivity index (χ1n) is 5.90. The summed E-state index contributed by atoms with van der Waals surface area (Å²) in [6.45, 7) is -2.06. The van der Waals surface area contributed by atoms with Gasteiger partial charge in [-0.25, -0.2) is 0 Å². The Morgan fingerprint density at radius 1 is 1.46 bits per heavy atom. The topological polar surface area (TPSA) is 12.9 Å². The van der Waals surface area contributed by atoms with E-state index in [1.165, 1.54) is 11.8 Å². The van der Waals surface area contributed by atoms with Crippen LogP contribution in [0.5, 0.6) is 0 Å². The molecule has 0 saturated heterocycles. The van der Waals surface area contributed by atoms with E-state index in [-0.39, 0.29) is 0 Å². The second kappa shape index (κ2) is 3.56. The number of nitrogens with zero attached hydrogens (tertiary/aromatic N) is 1. The molecule has 0 N–H and O–H groups in total. The number of hydrogen-bond donors (Lipinski definition) is 0. The maximum absolute atomic E-state index is 7.26. The molecule has 1 heteroatoms. The Labute approximate surface area is 83.0 Å². The predicted molar refractivity (Wildman–Crippen MR) is 55.3 cm³/mol. The van der Waals surface area contributed by atoms with Gasteiger partial charge in [-0.05, 0) is 36.9 Å². The molecule has 2 rings (SSSR count). The molecule has 1 aromatic heterocycles. The standard InChI is InChI=1S/C12H13N/c1-10-7-8-12(13-9-10)11-5-3-2-4-6-11/h2-3,5,7-9H,4,6H2,1H3/i1D3. The minimum atomic E-state index is -2.06. The number of aromatic nitrogens is 1. The average Bonchev–Trinajstić information content (AvgIpc) is 2.29. The Morgan fingerprint density at radius 3 is 3.08 bits per heavy atom. The van der Waals surface area contributed by atoms with Gasteiger partial charge in [0.1, 0.15) is 0 Å². The minimum absolute atomic E-state index is 0.295. The van der Waals surface area contributed by atoms with Crippen molar-refractivity contribution >= 4 is 5.57 Å². The van der Waals surface area contributed by atoms with Crippen molar-refractivity contribution in [1.29, 1.82) is 0 Å². The van der Waals surface area contributed by atoms with Crippen molar-refractivity contribution in [2.45, 2.75) is 19.7 Å². The zero-order chi connectivity index (χ0) is 11.6. The van der Waals surface area contributed by atoms with E-state index in [0.717, 1.165) is 18.5 Å². The molecule has 66 valence electrons. The Balaban J connectivity index is 2.26. The zero-order valence-electron chi connectivity index (χ0n) is 10.3. The molecule has 0 bridgehead atoms. The number of aryl methyl sites for hydroxylation is 1.